The second-order valence-electron chi connectivity index (χ2n) is 7.21. The number of likely N-dealkylation sites (tertiary alicyclic amines) is 1. The van der Waals surface area contributed by atoms with Crippen LogP contribution in [0.5, 0.6) is 5.75 Å². The van der Waals surface area contributed by atoms with E-state index in [1.807, 2.05) is 25.9 Å². The van der Waals surface area contributed by atoms with E-state index in [9.17, 15) is 14.7 Å². The van der Waals surface area contributed by atoms with Crippen LogP contribution in [0, 0.1) is 6.92 Å². The van der Waals surface area contributed by atoms with Crippen molar-refractivity contribution in [3.63, 3.8) is 0 Å². The predicted octanol–water partition coefficient (Wildman–Crippen LogP) is 2.97. The zero-order chi connectivity index (χ0) is 21.1. The molecule has 3 rings (SSSR count). The molecule has 1 aliphatic rings. The average Bonchev–Trinajstić information content (AvgIpc) is 3.21. The highest BCUT2D eigenvalue weighted by molar-refractivity contribution is 6.46. The molecule has 1 fully saturated rings. The van der Waals surface area contributed by atoms with Gasteiger partial charge in [-0.1, -0.05) is 12.1 Å². The van der Waals surface area contributed by atoms with E-state index in [-0.39, 0.29) is 11.3 Å². The monoisotopic (exact) mass is 398 g/mol. The summed E-state index contributed by atoms with van der Waals surface area (Å²) in [6, 6.07) is 9.55. The SMILES string of the molecule is CCOc1cccc(/C(O)=C2/C(=O)C(=O)N(CCN(C)C)C2c2ccc(C)o2)c1. The third-order valence-electron chi connectivity index (χ3n) is 4.78. The summed E-state index contributed by atoms with van der Waals surface area (Å²) in [5.41, 5.74) is 0.437. The lowest BCUT2D eigenvalue weighted by Gasteiger charge is -2.24. The van der Waals surface area contributed by atoms with Gasteiger partial charge in [-0.05, 0) is 52.2 Å². The van der Waals surface area contributed by atoms with Crippen LogP contribution in [-0.2, 0) is 9.59 Å². The van der Waals surface area contributed by atoms with E-state index < -0.39 is 17.7 Å². The van der Waals surface area contributed by atoms with E-state index in [0.717, 1.165) is 0 Å². The number of amides is 1. The van der Waals surface area contributed by atoms with Crippen molar-refractivity contribution >= 4 is 17.4 Å². The number of rotatable bonds is 7. The van der Waals surface area contributed by atoms with Crippen molar-refractivity contribution in [3.8, 4) is 5.75 Å². The van der Waals surface area contributed by atoms with Crippen molar-refractivity contribution < 1.29 is 23.8 Å². The quantitative estimate of drug-likeness (QED) is 0.439. The maximum atomic E-state index is 12.9. The van der Waals surface area contributed by atoms with E-state index in [2.05, 4.69) is 0 Å². The highest BCUT2D eigenvalue weighted by Gasteiger charge is 2.47. The lowest BCUT2D eigenvalue weighted by molar-refractivity contribution is -0.140. The third-order valence-corrected chi connectivity index (χ3v) is 4.78. The number of aliphatic hydroxyl groups excluding tert-OH is 1. The molecule has 1 atom stereocenters. The second-order valence-corrected chi connectivity index (χ2v) is 7.21. The van der Waals surface area contributed by atoms with Crippen molar-refractivity contribution in [1.29, 1.82) is 0 Å². The van der Waals surface area contributed by atoms with Gasteiger partial charge in [0, 0.05) is 18.7 Å². The van der Waals surface area contributed by atoms with Gasteiger partial charge in [0.15, 0.2) is 0 Å². The Morgan fingerprint density at radius 2 is 2.00 bits per heavy atom. The molecule has 0 bridgehead atoms. The van der Waals surface area contributed by atoms with Crippen LogP contribution < -0.4 is 4.74 Å². The number of ether oxygens (including phenoxy) is 1. The van der Waals surface area contributed by atoms with Crippen LogP contribution in [0.3, 0.4) is 0 Å². The lowest BCUT2D eigenvalue weighted by Crippen LogP contribution is -2.35. The van der Waals surface area contributed by atoms with E-state index in [0.29, 0.717) is 42.5 Å². The van der Waals surface area contributed by atoms with E-state index in [1.54, 1.807) is 43.3 Å². The largest absolute Gasteiger partial charge is 0.507 e. The van der Waals surface area contributed by atoms with Crippen LogP contribution in [-0.4, -0.2) is 60.4 Å². The minimum Gasteiger partial charge on any atom is -0.507 e. The smallest absolute Gasteiger partial charge is 0.295 e. The maximum absolute atomic E-state index is 12.9. The van der Waals surface area contributed by atoms with Crippen LogP contribution in [0.2, 0.25) is 0 Å². The lowest BCUT2D eigenvalue weighted by atomic mass is 9.99. The Morgan fingerprint density at radius 3 is 2.62 bits per heavy atom. The Kier molecular flexibility index (Phi) is 6.08. The van der Waals surface area contributed by atoms with Gasteiger partial charge in [-0.15, -0.1) is 0 Å². The molecule has 7 heteroatoms. The summed E-state index contributed by atoms with van der Waals surface area (Å²) in [5.74, 6) is 0.0788. The Labute approximate surface area is 170 Å². The minimum atomic E-state index is -0.778. The molecule has 1 N–H and O–H groups in total. The topological polar surface area (TPSA) is 83.2 Å². The summed E-state index contributed by atoms with van der Waals surface area (Å²) in [5, 5.41) is 11.0. The van der Waals surface area contributed by atoms with Gasteiger partial charge in [0.2, 0.25) is 0 Å². The zero-order valence-electron chi connectivity index (χ0n) is 17.1. The summed E-state index contributed by atoms with van der Waals surface area (Å²) < 4.78 is 11.2. The summed E-state index contributed by atoms with van der Waals surface area (Å²) >= 11 is 0. The first-order valence-electron chi connectivity index (χ1n) is 9.56. The number of aryl methyl sites for hydroxylation is 1. The van der Waals surface area contributed by atoms with Crippen LogP contribution in [0.4, 0.5) is 0 Å². The molecule has 7 nitrogen and oxygen atoms in total. The Morgan fingerprint density at radius 1 is 1.24 bits per heavy atom. The number of aliphatic hydroxyl groups is 1. The molecule has 0 radical (unpaired) electrons. The molecular weight excluding hydrogens is 372 g/mol. The van der Waals surface area contributed by atoms with E-state index in [4.69, 9.17) is 9.15 Å². The molecule has 0 spiro atoms. The number of carbonyl (C=O) groups excluding carboxylic acids is 2. The fourth-order valence-electron chi connectivity index (χ4n) is 3.37. The van der Waals surface area contributed by atoms with Crippen LogP contribution in [0.25, 0.3) is 5.76 Å². The second kappa shape index (κ2) is 8.53. The normalized spacial score (nSPS) is 18.7. The molecule has 1 aliphatic heterocycles. The van der Waals surface area contributed by atoms with Crippen molar-refractivity contribution in [2.45, 2.75) is 19.9 Å². The predicted molar refractivity (Wildman–Crippen MR) is 109 cm³/mol. The number of ketones is 1. The average molecular weight is 398 g/mol. The third kappa shape index (κ3) is 4.19. The highest BCUT2D eigenvalue weighted by Crippen LogP contribution is 2.40. The Balaban J connectivity index is 2.10. The van der Waals surface area contributed by atoms with Gasteiger partial charge in [0.05, 0.1) is 12.2 Å². The fourth-order valence-corrected chi connectivity index (χ4v) is 3.37. The molecule has 1 amide bonds. The molecule has 2 heterocycles. The number of likely N-dealkylation sites (N-methyl/N-ethyl adjacent to an activating group) is 1. The molecule has 1 aromatic carbocycles. The molecule has 1 saturated heterocycles. The van der Waals surface area contributed by atoms with Gasteiger partial charge in [-0.25, -0.2) is 0 Å². The molecule has 154 valence electrons. The Hall–Kier alpha value is -3.06. The molecule has 1 aromatic heterocycles. The van der Waals surface area contributed by atoms with E-state index in [1.165, 1.54) is 4.90 Å². The molecule has 2 aromatic rings. The van der Waals surface area contributed by atoms with Crippen molar-refractivity contribution in [2.24, 2.45) is 0 Å². The number of benzene rings is 1. The van der Waals surface area contributed by atoms with Crippen molar-refractivity contribution in [1.82, 2.24) is 9.80 Å². The number of hydrogen-bond acceptors (Lipinski definition) is 6. The molecule has 0 aliphatic carbocycles. The number of nitrogens with zero attached hydrogens (tertiary/aromatic N) is 2. The first kappa shape index (κ1) is 20.7. The van der Waals surface area contributed by atoms with Gasteiger partial charge in [-0.3, -0.25) is 9.59 Å². The first-order chi connectivity index (χ1) is 13.8. The molecular formula is C22H26N2O5. The summed E-state index contributed by atoms with van der Waals surface area (Å²) in [4.78, 5) is 29.0. The van der Waals surface area contributed by atoms with Crippen LogP contribution >= 0.6 is 0 Å². The fraction of sp³-hybridized carbons (Fsp3) is 0.364. The summed E-state index contributed by atoms with van der Waals surface area (Å²) in [6.07, 6.45) is 0. The van der Waals surface area contributed by atoms with E-state index >= 15 is 0 Å². The highest BCUT2D eigenvalue weighted by atomic mass is 16.5. The number of carbonyl (C=O) groups is 2. The summed E-state index contributed by atoms with van der Waals surface area (Å²) in [7, 11) is 3.78. The zero-order valence-corrected chi connectivity index (χ0v) is 17.1. The van der Waals surface area contributed by atoms with Gasteiger partial charge in [0.25, 0.3) is 11.7 Å². The number of furan rings is 1. The standard InChI is InChI=1S/C22H26N2O5/c1-5-28-16-8-6-7-15(13-16)20(25)18-19(17-10-9-14(2)29-17)24(12-11-23(3)4)22(27)21(18)26/h6-10,13,19,25H,5,11-12H2,1-4H3/b20-18-. The molecule has 0 saturated carbocycles. The van der Waals surface area contributed by atoms with Gasteiger partial charge < -0.3 is 24.1 Å². The van der Waals surface area contributed by atoms with Crippen molar-refractivity contribution in [3.05, 3.63) is 59.1 Å². The molecule has 29 heavy (non-hydrogen) atoms. The molecule has 1 unspecified atom stereocenters. The van der Waals surface area contributed by atoms with Gasteiger partial charge >= 0.3 is 0 Å². The number of hydrogen-bond donors (Lipinski definition) is 1. The first-order valence-corrected chi connectivity index (χ1v) is 9.56. The Bertz CT molecular complexity index is 944. The maximum Gasteiger partial charge on any atom is 0.295 e. The number of Topliss-reactive ketones (excluding diaryl/α,β-unsaturated/α-hetero) is 1. The van der Waals surface area contributed by atoms with Gasteiger partial charge in [-0.2, -0.15) is 0 Å². The summed E-state index contributed by atoms with van der Waals surface area (Å²) in [6.45, 7) is 5.04. The van der Waals surface area contributed by atoms with Gasteiger partial charge in [0.1, 0.15) is 29.1 Å². The minimum absolute atomic E-state index is 0.0248. The van der Waals surface area contributed by atoms with Crippen LogP contribution in [0.1, 0.15) is 30.0 Å². The van der Waals surface area contributed by atoms with Crippen LogP contribution in [0.15, 0.2) is 46.4 Å². The van der Waals surface area contributed by atoms with Crippen molar-refractivity contribution in [2.75, 3.05) is 33.8 Å².